The minimum absolute atomic E-state index is 0.00569. The van der Waals surface area contributed by atoms with E-state index in [1.54, 1.807) is 0 Å². The third-order valence-corrected chi connectivity index (χ3v) is 9.14. The van der Waals surface area contributed by atoms with Gasteiger partial charge in [0.25, 0.3) is 0 Å². The fourth-order valence-corrected chi connectivity index (χ4v) is 6.66. The van der Waals surface area contributed by atoms with Gasteiger partial charge < -0.3 is 4.74 Å². The Labute approximate surface area is 277 Å². The number of fused-ring (bicyclic) bond motifs is 3. The van der Waals surface area contributed by atoms with Crippen LogP contribution in [-0.2, 0) is 5.41 Å². The molecule has 5 nitrogen and oxygen atoms in total. The average molecular weight is 619 g/mol. The Morgan fingerprint density at radius 3 is 2.26 bits per heavy atom. The van der Waals surface area contributed by atoms with Crippen molar-refractivity contribution >= 4 is 21.8 Å². The van der Waals surface area contributed by atoms with Crippen molar-refractivity contribution < 1.29 is 4.74 Å². The van der Waals surface area contributed by atoms with E-state index in [1.165, 1.54) is 27.5 Å². The van der Waals surface area contributed by atoms with Gasteiger partial charge in [-0.05, 0) is 103 Å². The molecule has 4 aromatic carbocycles. The highest BCUT2D eigenvalue weighted by atomic mass is 16.5. The first-order valence-electron chi connectivity index (χ1n) is 16.4. The van der Waals surface area contributed by atoms with Crippen molar-refractivity contribution in [2.75, 3.05) is 0 Å². The summed E-state index contributed by atoms with van der Waals surface area (Å²) in [5, 5.41) is 7.35. The summed E-state index contributed by atoms with van der Waals surface area (Å²) in [5.74, 6) is 2.88. The van der Waals surface area contributed by atoms with Crippen LogP contribution < -0.4 is 4.74 Å². The van der Waals surface area contributed by atoms with Crippen LogP contribution in [0.15, 0.2) is 103 Å². The number of nitrogens with zero attached hydrogens (tertiary/aromatic N) is 4. The summed E-state index contributed by atoms with van der Waals surface area (Å²) in [7, 11) is 0. The molecule has 0 aliphatic rings. The van der Waals surface area contributed by atoms with Gasteiger partial charge in [-0.1, -0.05) is 71.0 Å². The number of ether oxygens (including phenoxy) is 1. The highest BCUT2D eigenvalue weighted by Gasteiger charge is 2.20. The lowest BCUT2D eigenvalue weighted by atomic mass is 9.88. The average Bonchev–Trinajstić information content (AvgIpc) is 3.52. The van der Waals surface area contributed by atoms with Gasteiger partial charge in [-0.2, -0.15) is 5.10 Å². The van der Waals surface area contributed by atoms with E-state index in [0.717, 1.165) is 56.6 Å². The first-order chi connectivity index (χ1) is 22.5. The van der Waals surface area contributed by atoms with Crippen molar-refractivity contribution in [3.05, 3.63) is 131 Å². The van der Waals surface area contributed by atoms with Crippen molar-refractivity contribution in [1.29, 1.82) is 0 Å². The fourth-order valence-electron chi connectivity index (χ4n) is 6.66. The Bertz CT molecular complexity index is 2260. The van der Waals surface area contributed by atoms with Crippen molar-refractivity contribution in [3.63, 3.8) is 0 Å². The molecule has 0 saturated heterocycles. The molecule has 5 heteroatoms. The van der Waals surface area contributed by atoms with E-state index in [-0.39, 0.29) is 5.41 Å². The quantitative estimate of drug-likeness (QED) is 0.186. The Morgan fingerprint density at radius 1 is 0.723 bits per heavy atom. The molecule has 7 rings (SSSR count). The van der Waals surface area contributed by atoms with Gasteiger partial charge >= 0.3 is 0 Å². The van der Waals surface area contributed by atoms with Crippen LogP contribution in [0.5, 0.6) is 11.5 Å². The van der Waals surface area contributed by atoms with E-state index in [4.69, 9.17) is 14.8 Å². The van der Waals surface area contributed by atoms with E-state index in [9.17, 15) is 0 Å². The molecular formula is C42H42N4O. The van der Waals surface area contributed by atoms with Crippen molar-refractivity contribution in [2.24, 2.45) is 0 Å². The van der Waals surface area contributed by atoms with E-state index < -0.39 is 0 Å². The van der Waals surface area contributed by atoms with Crippen LogP contribution in [0.25, 0.3) is 44.4 Å². The summed E-state index contributed by atoms with van der Waals surface area (Å²) < 4.78 is 10.9. The molecule has 47 heavy (non-hydrogen) atoms. The lowest BCUT2D eigenvalue weighted by molar-refractivity contribution is 0.482. The number of pyridine rings is 1. The second kappa shape index (κ2) is 11.6. The standard InChI is InChI=1S/C42H42N4O/c1-26(2)31-14-17-38-37(22-31)36-16-15-34(25-39(36)45(38)40-23-32(18-19-43-40)42(6,7)8)47-35-21-27(3)20-33(24-35)46-29(5)41(28(4)44-46)30-12-10-9-11-13-30/h9-26H,1-8H3. The van der Waals surface area contributed by atoms with Crippen LogP contribution in [0.2, 0.25) is 0 Å². The van der Waals surface area contributed by atoms with E-state index in [0.29, 0.717) is 5.92 Å². The van der Waals surface area contributed by atoms with Crippen LogP contribution in [0.3, 0.4) is 0 Å². The third-order valence-electron chi connectivity index (χ3n) is 9.14. The molecule has 0 aliphatic heterocycles. The van der Waals surface area contributed by atoms with Gasteiger partial charge in [0.05, 0.1) is 22.4 Å². The summed E-state index contributed by atoms with van der Waals surface area (Å²) in [6.45, 7) is 17.5. The zero-order valence-corrected chi connectivity index (χ0v) is 28.6. The van der Waals surface area contributed by atoms with Gasteiger partial charge in [-0.3, -0.25) is 4.57 Å². The maximum Gasteiger partial charge on any atom is 0.137 e. The number of aryl methyl sites for hydroxylation is 2. The molecule has 0 saturated carbocycles. The highest BCUT2D eigenvalue weighted by molar-refractivity contribution is 6.09. The molecule has 3 aromatic heterocycles. The molecule has 0 fully saturated rings. The van der Waals surface area contributed by atoms with Gasteiger partial charge in [0.1, 0.15) is 17.3 Å². The molecule has 0 amide bonds. The maximum atomic E-state index is 6.64. The SMILES string of the molecule is Cc1cc(Oc2ccc3c4cc(C(C)C)ccc4n(-c4cc(C(C)(C)C)ccn4)c3c2)cc(-n2nc(C)c(-c3ccccc3)c2C)c1. The molecule has 0 unspecified atom stereocenters. The predicted octanol–water partition coefficient (Wildman–Crippen LogP) is 11.2. The van der Waals surface area contributed by atoms with Crippen LogP contribution in [-0.4, -0.2) is 19.3 Å². The summed E-state index contributed by atoms with van der Waals surface area (Å²) in [5.41, 5.74) is 11.3. The highest BCUT2D eigenvalue weighted by Crippen LogP contribution is 2.38. The van der Waals surface area contributed by atoms with E-state index in [2.05, 4.69) is 151 Å². The second-order valence-electron chi connectivity index (χ2n) is 14.0. The first kappa shape index (κ1) is 30.5. The number of hydrogen-bond acceptors (Lipinski definition) is 3. The minimum Gasteiger partial charge on any atom is -0.457 e. The maximum absolute atomic E-state index is 6.64. The second-order valence-corrected chi connectivity index (χ2v) is 14.0. The van der Waals surface area contributed by atoms with Gasteiger partial charge in [-0.25, -0.2) is 9.67 Å². The van der Waals surface area contributed by atoms with Gasteiger partial charge in [0.15, 0.2) is 0 Å². The topological polar surface area (TPSA) is 44.9 Å². The summed E-state index contributed by atoms with van der Waals surface area (Å²) in [4.78, 5) is 4.88. The zero-order chi connectivity index (χ0) is 33.0. The first-order valence-corrected chi connectivity index (χ1v) is 16.4. The van der Waals surface area contributed by atoms with Gasteiger partial charge in [-0.15, -0.1) is 0 Å². The van der Waals surface area contributed by atoms with Crippen LogP contribution >= 0.6 is 0 Å². The summed E-state index contributed by atoms with van der Waals surface area (Å²) >= 11 is 0. The molecule has 0 spiro atoms. The van der Waals surface area contributed by atoms with E-state index in [1.807, 2.05) is 16.9 Å². The Hall–Kier alpha value is -5.16. The Kier molecular flexibility index (Phi) is 7.51. The number of benzene rings is 4. The lowest BCUT2D eigenvalue weighted by Gasteiger charge is -2.20. The van der Waals surface area contributed by atoms with Crippen LogP contribution in [0.4, 0.5) is 0 Å². The minimum atomic E-state index is 0.00569. The van der Waals surface area contributed by atoms with E-state index >= 15 is 0 Å². The number of rotatable bonds is 6. The molecular weight excluding hydrogens is 576 g/mol. The van der Waals surface area contributed by atoms with Crippen molar-refractivity contribution in [2.45, 2.75) is 66.7 Å². The fraction of sp³-hybridized carbons (Fsp3) is 0.238. The predicted molar refractivity (Wildman–Crippen MR) is 195 cm³/mol. The molecule has 236 valence electrons. The normalized spacial score (nSPS) is 12.0. The van der Waals surface area contributed by atoms with Gasteiger partial charge in [0, 0.05) is 40.4 Å². The molecule has 7 aromatic rings. The number of hydrogen-bond donors (Lipinski definition) is 0. The monoisotopic (exact) mass is 618 g/mol. The summed E-state index contributed by atoms with van der Waals surface area (Å²) in [6.07, 6.45) is 1.92. The molecule has 0 bridgehead atoms. The Balaban J connectivity index is 1.34. The van der Waals surface area contributed by atoms with Crippen molar-refractivity contribution in [3.8, 4) is 34.1 Å². The van der Waals surface area contributed by atoms with Crippen molar-refractivity contribution in [1.82, 2.24) is 19.3 Å². The third kappa shape index (κ3) is 5.61. The smallest absolute Gasteiger partial charge is 0.137 e. The molecule has 0 aliphatic carbocycles. The van der Waals surface area contributed by atoms with Gasteiger partial charge in [0.2, 0.25) is 0 Å². The van der Waals surface area contributed by atoms with Crippen LogP contribution in [0, 0.1) is 20.8 Å². The lowest BCUT2D eigenvalue weighted by Crippen LogP contribution is -2.12. The molecule has 3 heterocycles. The molecule has 0 radical (unpaired) electrons. The largest absolute Gasteiger partial charge is 0.457 e. The number of aromatic nitrogens is 4. The molecule has 0 atom stereocenters. The zero-order valence-electron chi connectivity index (χ0n) is 28.6. The van der Waals surface area contributed by atoms with Crippen LogP contribution in [0.1, 0.15) is 68.6 Å². The summed E-state index contributed by atoms with van der Waals surface area (Å²) in [6, 6.07) is 34.3. The molecule has 0 N–H and O–H groups in total. The Morgan fingerprint density at radius 2 is 1.51 bits per heavy atom.